The molecule has 8 nitrogen and oxygen atoms in total. The molecule has 2 N–H and O–H groups in total. The van der Waals surface area contributed by atoms with Crippen molar-refractivity contribution in [1.29, 1.82) is 0 Å². The number of hydrogen-bond donors (Lipinski definition) is 2. The fourth-order valence-corrected chi connectivity index (χ4v) is 2.71. The average Bonchev–Trinajstić information content (AvgIpc) is 2.75. The Morgan fingerprint density at radius 2 is 1.87 bits per heavy atom. The molecule has 2 rings (SSSR count). The Morgan fingerprint density at radius 3 is 2.55 bits per heavy atom. The zero-order valence-electron chi connectivity index (χ0n) is 17.4. The lowest BCUT2D eigenvalue weighted by atomic mass is 10.0. The standard InChI is InChI=1S/C22H24ClN3O5/c1-14(2)20(25-21(28)16-7-5-8-17(23)11-16)22(29)26-24-12-15-6-4-9-18(10-15)31-13-19(27)30-3/h4-12,14,20H,13H2,1-3H3,(H,25,28)(H,26,29)/b24-12+. The molecule has 0 fully saturated rings. The molecule has 164 valence electrons. The van der Waals surface area contributed by atoms with Gasteiger partial charge in [0.15, 0.2) is 6.61 Å². The Kier molecular flexibility index (Phi) is 9.02. The van der Waals surface area contributed by atoms with Crippen molar-refractivity contribution in [3.63, 3.8) is 0 Å². The van der Waals surface area contributed by atoms with Gasteiger partial charge in [-0.25, -0.2) is 10.2 Å². The van der Waals surface area contributed by atoms with Gasteiger partial charge in [0, 0.05) is 10.6 Å². The number of hydrogen-bond acceptors (Lipinski definition) is 6. The first-order valence-corrected chi connectivity index (χ1v) is 9.87. The molecule has 0 aromatic heterocycles. The van der Waals surface area contributed by atoms with Crippen LogP contribution >= 0.6 is 11.6 Å². The molecule has 0 saturated carbocycles. The Hall–Kier alpha value is -3.39. The number of esters is 1. The van der Waals surface area contributed by atoms with Crippen LogP contribution in [0.5, 0.6) is 5.75 Å². The van der Waals surface area contributed by atoms with Crippen LogP contribution < -0.4 is 15.5 Å². The van der Waals surface area contributed by atoms with Gasteiger partial charge in [0.1, 0.15) is 11.8 Å². The summed E-state index contributed by atoms with van der Waals surface area (Å²) in [6, 6.07) is 12.5. The van der Waals surface area contributed by atoms with E-state index < -0.39 is 23.8 Å². The second-order valence-electron chi connectivity index (χ2n) is 6.88. The monoisotopic (exact) mass is 445 g/mol. The number of hydrazone groups is 1. The second kappa shape index (κ2) is 11.7. The Balaban J connectivity index is 1.97. The number of halogens is 1. The maximum absolute atomic E-state index is 12.5. The molecule has 1 atom stereocenters. The number of carbonyl (C=O) groups is 3. The van der Waals surface area contributed by atoms with Crippen LogP contribution in [0.3, 0.4) is 0 Å². The Morgan fingerprint density at radius 1 is 1.13 bits per heavy atom. The average molecular weight is 446 g/mol. The summed E-state index contributed by atoms with van der Waals surface area (Å²) in [5, 5.41) is 7.08. The van der Waals surface area contributed by atoms with Gasteiger partial charge in [0.2, 0.25) is 0 Å². The van der Waals surface area contributed by atoms with Crippen molar-refractivity contribution in [2.75, 3.05) is 13.7 Å². The summed E-state index contributed by atoms with van der Waals surface area (Å²) in [5.74, 6) is -1.08. The molecule has 31 heavy (non-hydrogen) atoms. The van der Waals surface area contributed by atoms with Crippen molar-refractivity contribution in [2.24, 2.45) is 11.0 Å². The third-order valence-corrected chi connectivity index (χ3v) is 4.39. The van der Waals surface area contributed by atoms with E-state index in [-0.39, 0.29) is 12.5 Å². The van der Waals surface area contributed by atoms with Crippen LogP contribution in [0.4, 0.5) is 0 Å². The highest BCUT2D eigenvalue weighted by Gasteiger charge is 2.24. The van der Waals surface area contributed by atoms with Crippen LogP contribution in [0.2, 0.25) is 5.02 Å². The highest BCUT2D eigenvalue weighted by atomic mass is 35.5. The normalized spacial score (nSPS) is 11.8. The fourth-order valence-electron chi connectivity index (χ4n) is 2.52. The quantitative estimate of drug-likeness (QED) is 0.350. The number of benzene rings is 2. The van der Waals surface area contributed by atoms with Crippen LogP contribution in [0, 0.1) is 5.92 Å². The first-order chi connectivity index (χ1) is 14.8. The van der Waals surface area contributed by atoms with Crippen LogP contribution in [-0.2, 0) is 14.3 Å². The Labute approximate surface area is 185 Å². The van der Waals surface area contributed by atoms with E-state index in [2.05, 4.69) is 20.6 Å². The molecule has 0 bridgehead atoms. The number of methoxy groups -OCH3 is 1. The molecule has 0 radical (unpaired) electrons. The third-order valence-electron chi connectivity index (χ3n) is 4.15. The first kappa shape index (κ1) is 23.9. The lowest BCUT2D eigenvalue weighted by molar-refractivity contribution is -0.142. The van der Waals surface area contributed by atoms with E-state index in [9.17, 15) is 14.4 Å². The first-order valence-electron chi connectivity index (χ1n) is 9.49. The minimum Gasteiger partial charge on any atom is -0.482 e. The van der Waals surface area contributed by atoms with Crippen LogP contribution in [0.25, 0.3) is 0 Å². The van der Waals surface area contributed by atoms with E-state index >= 15 is 0 Å². The molecule has 1 unspecified atom stereocenters. The van der Waals surface area contributed by atoms with Gasteiger partial charge in [-0.3, -0.25) is 9.59 Å². The summed E-state index contributed by atoms with van der Waals surface area (Å²) in [6.07, 6.45) is 1.43. The summed E-state index contributed by atoms with van der Waals surface area (Å²) in [4.78, 5) is 36.2. The summed E-state index contributed by atoms with van der Waals surface area (Å²) in [7, 11) is 1.28. The van der Waals surface area contributed by atoms with Gasteiger partial charge >= 0.3 is 5.97 Å². The number of ether oxygens (including phenoxy) is 2. The van der Waals surface area contributed by atoms with Crippen molar-refractivity contribution in [2.45, 2.75) is 19.9 Å². The molecule has 2 aromatic carbocycles. The van der Waals surface area contributed by atoms with Crippen LogP contribution in [0.15, 0.2) is 53.6 Å². The fraction of sp³-hybridized carbons (Fsp3) is 0.273. The summed E-state index contributed by atoms with van der Waals surface area (Å²) < 4.78 is 9.83. The maximum Gasteiger partial charge on any atom is 0.343 e. The van der Waals surface area contributed by atoms with E-state index in [1.54, 1.807) is 42.5 Å². The van der Waals surface area contributed by atoms with Gasteiger partial charge in [-0.05, 0) is 41.8 Å². The largest absolute Gasteiger partial charge is 0.482 e. The zero-order valence-corrected chi connectivity index (χ0v) is 18.2. The SMILES string of the molecule is COC(=O)COc1cccc(/C=N/NC(=O)C(NC(=O)c2cccc(Cl)c2)C(C)C)c1. The van der Waals surface area contributed by atoms with Crippen molar-refractivity contribution in [3.05, 3.63) is 64.7 Å². The van der Waals surface area contributed by atoms with Crippen LogP contribution in [-0.4, -0.2) is 43.8 Å². The molecule has 0 aliphatic carbocycles. The maximum atomic E-state index is 12.5. The van der Waals surface area contributed by atoms with E-state index in [0.717, 1.165) is 0 Å². The van der Waals surface area contributed by atoms with E-state index in [1.807, 2.05) is 13.8 Å². The van der Waals surface area contributed by atoms with Crippen LogP contribution in [0.1, 0.15) is 29.8 Å². The predicted octanol–water partition coefficient (Wildman–Crippen LogP) is 2.80. The van der Waals surface area contributed by atoms with Gasteiger partial charge in [-0.1, -0.05) is 43.6 Å². The number of amides is 2. The summed E-state index contributed by atoms with van der Waals surface area (Å²) in [5.41, 5.74) is 3.44. The topological polar surface area (TPSA) is 106 Å². The molecule has 2 amide bonds. The van der Waals surface area contributed by atoms with Gasteiger partial charge in [-0.2, -0.15) is 5.10 Å². The number of rotatable bonds is 9. The van der Waals surface area contributed by atoms with Crippen molar-refractivity contribution >= 4 is 35.6 Å². The number of nitrogens with one attached hydrogen (secondary N) is 2. The molecule has 9 heteroatoms. The number of carbonyl (C=O) groups excluding carboxylic acids is 3. The lowest BCUT2D eigenvalue weighted by Crippen LogP contribution is -2.48. The molecule has 0 aliphatic heterocycles. The smallest absolute Gasteiger partial charge is 0.343 e. The van der Waals surface area contributed by atoms with Gasteiger partial charge in [0.05, 0.1) is 13.3 Å². The zero-order chi connectivity index (χ0) is 22.8. The van der Waals surface area contributed by atoms with Crippen molar-refractivity contribution in [1.82, 2.24) is 10.7 Å². The highest BCUT2D eigenvalue weighted by molar-refractivity contribution is 6.31. The molecule has 0 aliphatic rings. The molecular formula is C22H24ClN3O5. The summed E-state index contributed by atoms with van der Waals surface area (Å²) in [6.45, 7) is 3.42. The molecule has 2 aromatic rings. The summed E-state index contributed by atoms with van der Waals surface area (Å²) >= 11 is 5.92. The number of nitrogens with zero attached hydrogens (tertiary/aromatic N) is 1. The highest BCUT2D eigenvalue weighted by Crippen LogP contribution is 2.13. The lowest BCUT2D eigenvalue weighted by Gasteiger charge is -2.20. The van der Waals surface area contributed by atoms with Crippen molar-refractivity contribution in [3.8, 4) is 5.75 Å². The van der Waals surface area contributed by atoms with Crippen molar-refractivity contribution < 1.29 is 23.9 Å². The minimum absolute atomic E-state index is 0.173. The molecule has 0 heterocycles. The third kappa shape index (κ3) is 7.75. The molecular weight excluding hydrogens is 422 g/mol. The molecule has 0 spiro atoms. The predicted molar refractivity (Wildman–Crippen MR) is 117 cm³/mol. The molecule has 0 saturated heterocycles. The van der Waals surface area contributed by atoms with E-state index in [0.29, 0.717) is 21.9 Å². The van der Waals surface area contributed by atoms with Gasteiger partial charge < -0.3 is 14.8 Å². The van der Waals surface area contributed by atoms with Gasteiger partial charge in [0.25, 0.3) is 11.8 Å². The Bertz CT molecular complexity index is 962. The van der Waals surface area contributed by atoms with Gasteiger partial charge in [-0.15, -0.1) is 0 Å². The second-order valence-corrected chi connectivity index (χ2v) is 7.31. The minimum atomic E-state index is -0.793. The van der Waals surface area contributed by atoms with E-state index in [1.165, 1.54) is 19.4 Å². The van der Waals surface area contributed by atoms with E-state index in [4.69, 9.17) is 16.3 Å².